The number of nitrogens with zero attached hydrogens (tertiary/aromatic N) is 1. The molecule has 0 unspecified atom stereocenters. The van der Waals surface area contributed by atoms with E-state index in [1.165, 1.54) is 16.9 Å². The highest BCUT2D eigenvalue weighted by Crippen LogP contribution is 2.26. The van der Waals surface area contributed by atoms with E-state index in [4.69, 9.17) is 0 Å². The van der Waals surface area contributed by atoms with Gasteiger partial charge in [-0.15, -0.1) is 0 Å². The molecule has 2 N–H and O–H groups in total. The summed E-state index contributed by atoms with van der Waals surface area (Å²) in [4.78, 5) is 30.0. The molecule has 3 aromatic rings. The molecule has 2 aromatic carbocycles. The van der Waals surface area contributed by atoms with Crippen LogP contribution in [0, 0.1) is 27.7 Å². The topological polar surface area (TPSA) is 71.1 Å². The molecule has 156 valence electrons. The summed E-state index contributed by atoms with van der Waals surface area (Å²) in [5.41, 5.74) is 5.56. The first-order chi connectivity index (χ1) is 14.3. The van der Waals surface area contributed by atoms with Crippen LogP contribution in [-0.4, -0.2) is 23.2 Å². The van der Waals surface area contributed by atoms with Crippen LogP contribution in [0.3, 0.4) is 0 Å². The Hall–Kier alpha value is -2.99. The van der Waals surface area contributed by atoms with Gasteiger partial charge < -0.3 is 10.6 Å². The van der Waals surface area contributed by atoms with Gasteiger partial charge in [0, 0.05) is 24.2 Å². The summed E-state index contributed by atoms with van der Waals surface area (Å²) < 4.78 is 0. The molecule has 0 aliphatic rings. The largest absolute Gasteiger partial charge is 0.361 e. The zero-order chi connectivity index (χ0) is 21.7. The number of anilines is 2. The molecule has 1 heterocycles. The molecule has 5 nitrogen and oxygen atoms in total. The molecule has 3 rings (SSSR count). The fraction of sp³-hybridized carbons (Fsp3) is 0.292. The van der Waals surface area contributed by atoms with Crippen molar-refractivity contribution < 1.29 is 9.59 Å². The smallest absolute Gasteiger partial charge is 0.267 e. The second-order valence-electron chi connectivity index (χ2n) is 7.48. The van der Waals surface area contributed by atoms with Gasteiger partial charge in [-0.1, -0.05) is 59.4 Å². The molecule has 1 amide bonds. The molecule has 30 heavy (non-hydrogen) atoms. The number of aryl methyl sites for hydroxylation is 4. The lowest BCUT2D eigenvalue weighted by Crippen LogP contribution is -2.13. The molecule has 0 saturated carbocycles. The SMILES string of the molecule is Cc1cc(C)c(NC(=O)c2sc(NCCCC(=O)c3ccccc3)nc2C)c(C)c1. The third-order valence-electron chi connectivity index (χ3n) is 4.87. The molecule has 0 aliphatic heterocycles. The number of carbonyl (C=O) groups excluding carboxylic acids is 2. The van der Waals surface area contributed by atoms with Crippen LogP contribution in [0.1, 0.15) is 55.3 Å². The number of hydrogen-bond donors (Lipinski definition) is 2. The summed E-state index contributed by atoms with van der Waals surface area (Å²) in [6, 6.07) is 13.4. The Morgan fingerprint density at radius 2 is 1.67 bits per heavy atom. The van der Waals surface area contributed by atoms with Gasteiger partial charge in [0.2, 0.25) is 0 Å². The average molecular weight is 422 g/mol. The maximum Gasteiger partial charge on any atom is 0.267 e. The molecule has 0 saturated heterocycles. The van der Waals surface area contributed by atoms with E-state index in [0.717, 1.165) is 22.4 Å². The molecular weight excluding hydrogens is 394 g/mol. The van der Waals surface area contributed by atoms with Crippen molar-refractivity contribution in [3.63, 3.8) is 0 Å². The van der Waals surface area contributed by atoms with Gasteiger partial charge in [-0.2, -0.15) is 0 Å². The minimum Gasteiger partial charge on any atom is -0.361 e. The van der Waals surface area contributed by atoms with Crippen LogP contribution in [0.5, 0.6) is 0 Å². The van der Waals surface area contributed by atoms with Crippen molar-refractivity contribution in [3.05, 3.63) is 75.3 Å². The van der Waals surface area contributed by atoms with Crippen LogP contribution in [0.15, 0.2) is 42.5 Å². The Labute approximate surface area is 181 Å². The first-order valence-electron chi connectivity index (χ1n) is 10.0. The van der Waals surface area contributed by atoms with Crippen molar-refractivity contribution in [3.8, 4) is 0 Å². The fourth-order valence-electron chi connectivity index (χ4n) is 3.44. The summed E-state index contributed by atoms with van der Waals surface area (Å²) in [6.45, 7) is 8.51. The standard InChI is InChI=1S/C24H27N3O2S/c1-15-13-16(2)21(17(3)14-15)27-23(29)22-18(4)26-24(30-22)25-12-8-11-20(28)19-9-6-5-7-10-19/h5-7,9-10,13-14H,8,11-12H2,1-4H3,(H,25,26)(H,27,29). The van der Waals surface area contributed by atoms with E-state index < -0.39 is 0 Å². The molecule has 0 spiro atoms. The maximum absolute atomic E-state index is 12.8. The Morgan fingerprint density at radius 1 is 1.00 bits per heavy atom. The van der Waals surface area contributed by atoms with Gasteiger partial charge in [0.15, 0.2) is 10.9 Å². The van der Waals surface area contributed by atoms with E-state index in [9.17, 15) is 9.59 Å². The summed E-state index contributed by atoms with van der Waals surface area (Å²) in [5.74, 6) is -0.0102. The first kappa shape index (κ1) is 21.7. The molecule has 6 heteroatoms. The van der Waals surface area contributed by atoms with Crippen molar-refractivity contribution in [2.75, 3.05) is 17.2 Å². The lowest BCUT2D eigenvalue weighted by Gasteiger charge is -2.12. The van der Waals surface area contributed by atoms with Gasteiger partial charge in [0.05, 0.1) is 5.69 Å². The van der Waals surface area contributed by atoms with Crippen LogP contribution in [0.2, 0.25) is 0 Å². The number of aromatic nitrogens is 1. The minimum absolute atomic E-state index is 0.136. The zero-order valence-corrected chi connectivity index (χ0v) is 18.7. The van der Waals surface area contributed by atoms with Crippen molar-refractivity contribution in [2.24, 2.45) is 0 Å². The molecule has 0 bridgehead atoms. The summed E-state index contributed by atoms with van der Waals surface area (Å²) in [6.07, 6.45) is 1.18. The van der Waals surface area contributed by atoms with Crippen LogP contribution in [0.4, 0.5) is 10.8 Å². The van der Waals surface area contributed by atoms with Crippen LogP contribution >= 0.6 is 11.3 Å². The minimum atomic E-state index is -0.146. The number of rotatable bonds is 8. The number of nitrogens with one attached hydrogen (secondary N) is 2. The third kappa shape index (κ3) is 5.33. The lowest BCUT2D eigenvalue weighted by molar-refractivity contribution is 0.0979. The number of hydrogen-bond acceptors (Lipinski definition) is 5. The zero-order valence-electron chi connectivity index (χ0n) is 17.8. The Bertz CT molecular complexity index is 1030. The fourth-order valence-corrected chi connectivity index (χ4v) is 4.33. The maximum atomic E-state index is 12.8. The molecule has 0 fully saturated rings. The summed E-state index contributed by atoms with van der Waals surface area (Å²) in [7, 11) is 0. The van der Waals surface area contributed by atoms with E-state index in [2.05, 4.69) is 27.8 Å². The number of carbonyl (C=O) groups is 2. The first-order valence-corrected chi connectivity index (χ1v) is 10.9. The third-order valence-corrected chi connectivity index (χ3v) is 5.98. The van der Waals surface area contributed by atoms with Gasteiger partial charge in [-0.05, 0) is 45.2 Å². The Morgan fingerprint density at radius 3 is 2.33 bits per heavy atom. The van der Waals surface area contributed by atoms with Crippen molar-refractivity contribution in [1.29, 1.82) is 0 Å². The Balaban J connectivity index is 1.56. The van der Waals surface area contributed by atoms with E-state index in [1.54, 1.807) is 0 Å². The van der Waals surface area contributed by atoms with Gasteiger partial charge in [-0.25, -0.2) is 4.98 Å². The number of Topliss-reactive ketones (excluding diaryl/α,β-unsaturated/α-hetero) is 1. The summed E-state index contributed by atoms with van der Waals surface area (Å²) >= 11 is 1.34. The van der Waals surface area contributed by atoms with Gasteiger partial charge in [0.1, 0.15) is 4.88 Å². The van der Waals surface area contributed by atoms with Crippen molar-refractivity contribution in [2.45, 2.75) is 40.5 Å². The number of benzene rings is 2. The van der Waals surface area contributed by atoms with Crippen LogP contribution < -0.4 is 10.6 Å². The molecule has 0 aliphatic carbocycles. The normalized spacial score (nSPS) is 10.7. The van der Waals surface area contributed by atoms with E-state index >= 15 is 0 Å². The van der Waals surface area contributed by atoms with E-state index in [1.807, 2.05) is 58.0 Å². The Kier molecular flexibility index (Phi) is 7.00. The number of ketones is 1. The quantitative estimate of drug-likeness (QED) is 0.361. The highest BCUT2D eigenvalue weighted by molar-refractivity contribution is 7.17. The predicted molar refractivity (Wildman–Crippen MR) is 124 cm³/mol. The van der Waals surface area contributed by atoms with Gasteiger partial charge in [-0.3, -0.25) is 9.59 Å². The van der Waals surface area contributed by atoms with Gasteiger partial charge in [0.25, 0.3) is 5.91 Å². The van der Waals surface area contributed by atoms with Gasteiger partial charge >= 0.3 is 0 Å². The molecule has 0 atom stereocenters. The molecular formula is C24H27N3O2S. The van der Waals surface area contributed by atoms with Crippen molar-refractivity contribution >= 4 is 33.8 Å². The predicted octanol–water partition coefficient (Wildman–Crippen LogP) is 5.70. The molecule has 0 radical (unpaired) electrons. The second-order valence-corrected chi connectivity index (χ2v) is 8.48. The van der Waals surface area contributed by atoms with Crippen LogP contribution in [0.25, 0.3) is 0 Å². The molecule has 1 aromatic heterocycles. The van der Waals surface area contributed by atoms with E-state index in [-0.39, 0.29) is 11.7 Å². The van der Waals surface area contributed by atoms with Crippen LogP contribution in [-0.2, 0) is 0 Å². The lowest BCUT2D eigenvalue weighted by atomic mass is 10.1. The average Bonchev–Trinajstić information content (AvgIpc) is 3.09. The van der Waals surface area contributed by atoms with Crippen molar-refractivity contribution in [1.82, 2.24) is 4.98 Å². The number of thiazole rings is 1. The summed E-state index contributed by atoms with van der Waals surface area (Å²) in [5, 5.41) is 6.97. The highest BCUT2D eigenvalue weighted by Gasteiger charge is 2.17. The second kappa shape index (κ2) is 9.67. The highest BCUT2D eigenvalue weighted by atomic mass is 32.1. The van der Waals surface area contributed by atoms with E-state index in [0.29, 0.717) is 35.1 Å². The monoisotopic (exact) mass is 421 g/mol. The number of amides is 1.